The van der Waals surface area contributed by atoms with Gasteiger partial charge in [0.05, 0.1) is 30.7 Å². The van der Waals surface area contributed by atoms with E-state index in [9.17, 15) is 18.0 Å². The number of ether oxygens (including phenoxy) is 2. The Bertz CT molecular complexity index is 1450. The number of pyridine rings is 3. The van der Waals surface area contributed by atoms with Crippen LogP contribution < -0.4 is 10.6 Å². The third-order valence-corrected chi connectivity index (χ3v) is 5.90. The van der Waals surface area contributed by atoms with Crippen molar-refractivity contribution in [1.82, 2.24) is 15.0 Å². The van der Waals surface area contributed by atoms with Crippen LogP contribution in [0.15, 0.2) is 79.3 Å². The molecule has 1 aromatic carbocycles. The lowest BCUT2D eigenvalue weighted by molar-refractivity contribution is -0.137. The molecule has 3 aromatic heterocycles. The molecule has 0 spiro atoms. The molecule has 4 heterocycles. The van der Waals surface area contributed by atoms with Crippen LogP contribution in [0, 0.1) is 0 Å². The van der Waals surface area contributed by atoms with Gasteiger partial charge in [0.25, 0.3) is 5.91 Å². The Kier molecular flexibility index (Phi) is 6.98. The molecule has 1 aliphatic heterocycles. The number of hydrogen-bond donors (Lipinski definition) is 2. The molecule has 4 aromatic rings. The van der Waals surface area contributed by atoms with Gasteiger partial charge >= 0.3 is 6.18 Å². The van der Waals surface area contributed by atoms with E-state index in [4.69, 9.17) is 21.1 Å². The fourth-order valence-electron chi connectivity index (χ4n) is 3.95. The van der Waals surface area contributed by atoms with Crippen molar-refractivity contribution in [3.63, 3.8) is 0 Å². The maximum atomic E-state index is 13.2. The minimum Gasteiger partial charge on any atom is -0.340 e. The number of alkyl halides is 3. The second kappa shape index (κ2) is 10.4. The van der Waals surface area contributed by atoms with Crippen LogP contribution in [0.4, 0.5) is 30.5 Å². The van der Waals surface area contributed by atoms with Crippen LogP contribution in [0.2, 0.25) is 5.15 Å². The predicted octanol–water partition coefficient (Wildman–Crippen LogP) is 5.79. The first-order valence-electron chi connectivity index (χ1n) is 11.3. The summed E-state index contributed by atoms with van der Waals surface area (Å²) in [7, 11) is 0. The molecule has 38 heavy (non-hydrogen) atoms. The van der Waals surface area contributed by atoms with E-state index in [1.807, 2.05) is 30.3 Å². The lowest BCUT2D eigenvalue weighted by Gasteiger charge is -2.30. The third kappa shape index (κ3) is 5.30. The average molecular weight is 542 g/mol. The van der Waals surface area contributed by atoms with Crippen molar-refractivity contribution in [3.05, 3.63) is 107 Å². The number of halogens is 4. The summed E-state index contributed by atoms with van der Waals surface area (Å²) in [6.45, 7) is 0.666. The molecule has 1 amide bonds. The molecular formula is C26H19ClF3N5O3. The van der Waals surface area contributed by atoms with E-state index in [0.29, 0.717) is 30.7 Å². The van der Waals surface area contributed by atoms with Gasteiger partial charge in [0.15, 0.2) is 0 Å². The fraction of sp³-hybridized carbons (Fsp3) is 0.154. The number of amides is 1. The van der Waals surface area contributed by atoms with E-state index < -0.39 is 23.4 Å². The predicted molar refractivity (Wildman–Crippen MR) is 133 cm³/mol. The Morgan fingerprint density at radius 1 is 0.921 bits per heavy atom. The molecular weight excluding hydrogens is 523 g/mol. The summed E-state index contributed by atoms with van der Waals surface area (Å²) < 4.78 is 50.5. The zero-order chi connectivity index (χ0) is 26.8. The number of benzene rings is 1. The lowest BCUT2D eigenvalue weighted by atomic mass is 9.96. The number of aromatic nitrogens is 3. The Labute approximate surface area is 219 Å². The number of nitrogens with zero attached hydrogens (tertiary/aromatic N) is 3. The highest BCUT2D eigenvalue weighted by Crippen LogP contribution is 2.42. The average Bonchev–Trinajstić information content (AvgIpc) is 3.41. The molecule has 0 atom stereocenters. The Balaban J connectivity index is 1.40. The van der Waals surface area contributed by atoms with Gasteiger partial charge in [0.1, 0.15) is 16.8 Å². The molecule has 8 nitrogen and oxygen atoms in total. The molecule has 0 aliphatic carbocycles. The number of rotatable bonds is 6. The Morgan fingerprint density at radius 2 is 1.68 bits per heavy atom. The van der Waals surface area contributed by atoms with Crippen molar-refractivity contribution in [2.75, 3.05) is 23.8 Å². The van der Waals surface area contributed by atoms with Gasteiger partial charge in [-0.25, -0.2) is 15.0 Å². The number of carbonyl (C=O) groups excluding carboxylic acids is 1. The van der Waals surface area contributed by atoms with Gasteiger partial charge in [0.2, 0.25) is 5.79 Å². The summed E-state index contributed by atoms with van der Waals surface area (Å²) in [5.74, 6) is -1.45. The van der Waals surface area contributed by atoms with Gasteiger partial charge in [-0.15, -0.1) is 0 Å². The van der Waals surface area contributed by atoms with E-state index in [1.165, 1.54) is 30.6 Å². The Morgan fingerprint density at radius 3 is 2.37 bits per heavy atom. The smallest absolute Gasteiger partial charge is 0.340 e. The molecule has 0 radical (unpaired) electrons. The van der Waals surface area contributed by atoms with E-state index in [0.717, 1.165) is 11.6 Å². The zero-order valence-electron chi connectivity index (χ0n) is 19.5. The first-order chi connectivity index (χ1) is 18.2. The molecule has 1 fully saturated rings. The van der Waals surface area contributed by atoms with Crippen molar-refractivity contribution >= 4 is 34.8 Å². The number of carbonyl (C=O) groups is 1. The van der Waals surface area contributed by atoms with Crippen LogP contribution >= 0.6 is 11.6 Å². The first kappa shape index (κ1) is 25.6. The largest absolute Gasteiger partial charge is 0.417 e. The molecule has 1 saturated heterocycles. The molecule has 0 saturated carbocycles. The maximum Gasteiger partial charge on any atom is 0.417 e. The summed E-state index contributed by atoms with van der Waals surface area (Å²) in [6.07, 6.45) is -0.983. The van der Waals surface area contributed by atoms with Crippen LogP contribution in [0.25, 0.3) is 0 Å². The number of nitrogens with one attached hydrogen (secondary N) is 2. The monoisotopic (exact) mass is 541 g/mol. The van der Waals surface area contributed by atoms with Gasteiger partial charge < -0.3 is 20.1 Å². The number of hydrogen-bond acceptors (Lipinski definition) is 7. The molecule has 5 rings (SSSR count). The molecule has 0 unspecified atom stereocenters. The Hall–Kier alpha value is -4.06. The van der Waals surface area contributed by atoms with Crippen molar-refractivity contribution in [3.8, 4) is 0 Å². The SMILES string of the molecule is O=C(Nc1cnc(Cl)cc1C1(c2ccccc2)OCCO1)c1ccnc(Nc2ccc(C(F)(F)F)cn2)c1. The van der Waals surface area contributed by atoms with E-state index >= 15 is 0 Å². The highest BCUT2D eigenvalue weighted by Gasteiger charge is 2.43. The standard InChI is InChI=1S/C26H19ClF3N5O3/c27-21-13-19(25(37-10-11-38-25)17-4-2-1-3-5-17)20(15-32-21)34-24(36)16-8-9-31-23(12-16)35-22-7-6-18(14-33-22)26(28,29)30/h1-9,12-15H,10-11H2,(H,34,36)(H,31,33,35). The number of anilines is 3. The van der Waals surface area contributed by atoms with Crippen LogP contribution in [0.1, 0.15) is 27.0 Å². The molecule has 194 valence electrons. The second-order valence-electron chi connectivity index (χ2n) is 8.17. The fourth-order valence-corrected chi connectivity index (χ4v) is 4.11. The lowest BCUT2D eigenvalue weighted by Crippen LogP contribution is -2.30. The van der Waals surface area contributed by atoms with Gasteiger partial charge in [-0.1, -0.05) is 41.9 Å². The van der Waals surface area contributed by atoms with Crippen LogP contribution in [0.3, 0.4) is 0 Å². The maximum absolute atomic E-state index is 13.2. The van der Waals surface area contributed by atoms with Crippen molar-refractivity contribution in [1.29, 1.82) is 0 Å². The zero-order valence-corrected chi connectivity index (χ0v) is 20.3. The van der Waals surface area contributed by atoms with Crippen LogP contribution in [0.5, 0.6) is 0 Å². The highest BCUT2D eigenvalue weighted by molar-refractivity contribution is 6.29. The summed E-state index contributed by atoms with van der Waals surface area (Å²) >= 11 is 6.21. The highest BCUT2D eigenvalue weighted by atomic mass is 35.5. The second-order valence-corrected chi connectivity index (χ2v) is 8.56. The molecule has 12 heteroatoms. The third-order valence-electron chi connectivity index (χ3n) is 5.69. The van der Waals surface area contributed by atoms with Crippen LogP contribution in [-0.4, -0.2) is 34.1 Å². The topological polar surface area (TPSA) is 98.3 Å². The van der Waals surface area contributed by atoms with Gasteiger partial charge in [0, 0.05) is 29.1 Å². The molecule has 1 aliphatic rings. The summed E-state index contributed by atoms with van der Waals surface area (Å²) in [5, 5.41) is 5.80. The van der Waals surface area contributed by atoms with E-state index in [1.54, 1.807) is 6.07 Å². The minimum absolute atomic E-state index is 0.132. The van der Waals surface area contributed by atoms with Crippen molar-refractivity contribution < 1.29 is 27.4 Å². The normalized spacial score (nSPS) is 14.7. The van der Waals surface area contributed by atoms with E-state index in [2.05, 4.69) is 25.6 Å². The van der Waals surface area contributed by atoms with Gasteiger partial charge in [-0.05, 0) is 30.3 Å². The molecule has 0 bridgehead atoms. The summed E-state index contributed by atoms with van der Waals surface area (Å²) in [4.78, 5) is 25.2. The van der Waals surface area contributed by atoms with Crippen molar-refractivity contribution in [2.24, 2.45) is 0 Å². The summed E-state index contributed by atoms with van der Waals surface area (Å²) in [5.41, 5.74) is 0.851. The van der Waals surface area contributed by atoms with Crippen molar-refractivity contribution in [2.45, 2.75) is 12.0 Å². The quantitative estimate of drug-likeness (QED) is 0.298. The van der Waals surface area contributed by atoms with E-state index in [-0.39, 0.29) is 22.4 Å². The van der Waals surface area contributed by atoms with Gasteiger partial charge in [-0.2, -0.15) is 13.2 Å². The first-order valence-corrected chi connectivity index (χ1v) is 11.7. The van der Waals surface area contributed by atoms with Gasteiger partial charge in [-0.3, -0.25) is 4.79 Å². The minimum atomic E-state index is -4.50. The molecule has 2 N–H and O–H groups in total. The summed E-state index contributed by atoms with van der Waals surface area (Å²) in [6, 6.07) is 15.8. The van der Waals surface area contributed by atoms with Crippen LogP contribution in [-0.2, 0) is 21.4 Å².